The number of Topliss-reactive ketones (excluding diaryl/α,β-unsaturated/α-hetero) is 1. The first-order chi connectivity index (χ1) is 13.1. The Morgan fingerprint density at radius 2 is 1.93 bits per heavy atom. The normalized spacial score (nSPS) is 19.1. The summed E-state index contributed by atoms with van der Waals surface area (Å²) in [6.07, 6.45) is 5.61. The molecular weight excluding hydrogens is 342 g/mol. The zero-order chi connectivity index (χ0) is 19.0. The second kappa shape index (κ2) is 6.72. The average Bonchev–Trinajstić information content (AvgIpc) is 3.23. The number of aromatic nitrogens is 2. The third-order valence-corrected chi connectivity index (χ3v) is 4.87. The van der Waals surface area contributed by atoms with Crippen molar-refractivity contribution in [1.29, 1.82) is 0 Å². The minimum absolute atomic E-state index is 0.115. The lowest BCUT2D eigenvalue weighted by Gasteiger charge is -2.24. The number of benzene rings is 1. The number of fused-ring (bicyclic) bond motifs is 1. The zero-order valence-electron chi connectivity index (χ0n) is 14.8. The molecule has 0 radical (unpaired) electrons. The van der Waals surface area contributed by atoms with E-state index in [-0.39, 0.29) is 11.3 Å². The molecule has 1 saturated heterocycles. The highest BCUT2D eigenvalue weighted by Gasteiger charge is 2.45. The number of nitrogens with one attached hydrogen (secondary N) is 1. The van der Waals surface area contributed by atoms with Gasteiger partial charge in [0.2, 0.25) is 0 Å². The summed E-state index contributed by atoms with van der Waals surface area (Å²) in [5.41, 5.74) is 2.23. The summed E-state index contributed by atoms with van der Waals surface area (Å²) in [6.45, 7) is 2.38. The van der Waals surface area contributed by atoms with Crippen LogP contribution in [0, 0.1) is 0 Å². The molecule has 0 saturated carbocycles. The van der Waals surface area contributed by atoms with Gasteiger partial charge in [-0.05, 0) is 30.2 Å². The van der Waals surface area contributed by atoms with E-state index in [0.717, 1.165) is 16.5 Å². The second-order valence-corrected chi connectivity index (χ2v) is 6.52. The molecular formula is C21H19N3O3. The Labute approximate surface area is 156 Å². The van der Waals surface area contributed by atoms with Gasteiger partial charge >= 0.3 is 0 Å². The summed E-state index contributed by atoms with van der Waals surface area (Å²) in [6, 6.07) is 10.4. The topological polar surface area (TPSA) is 86.3 Å². The maximum atomic E-state index is 12.8. The van der Waals surface area contributed by atoms with Gasteiger partial charge in [0.1, 0.15) is 5.76 Å². The van der Waals surface area contributed by atoms with Crippen molar-refractivity contribution in [3.8, 4) is 0 Å². The first-order valence-electron chi connectivity index (χ1n) is 8.88. The number of hydrogen-bond acceptors (Lipinski definition) is 4. The van der Waals surface area contributed by atoms with Crippen molar-refractivity contribution >= 4 is 28.4 Å². The van der Waals surface area contributed by atoms with Crippen LogP contribution in [0.5, 0.6) is 0 Å². The van der Waals surface area contributed by atoms with Crippen LogP contribution >= 0.6 is 0 Å². The quantitative estimate of drug-likeness (QED) is 0.424. The molecule has 0 bridgehead atoms. The van der Waals surface area contributed by atoms with Crippen molar-refractivity contribution in [2.24, 2.45) is 0 Å². The lowest BCUT2D eigenvalue weighted by molar-refractivity contribution is -0.139. The minimum atomic E-state index is -0.659. The van der Waals surface area contributed by atoms with E-state index < -0.39 is 17.7 Å². The molecule has 27 heavy (non-hydrogen) atoms. The molecule has 1 fully saturated rings. The number of aromatic amines is 1. The highest BCUT2D eigenvalue weighted by molar-refractivity contribution is 6.46. The fraction of sp³-hybridized carbons (Fsp3) is 0.190. The van der Waals surface area contributed by atoms with Crippen molar-refractivity contribution in [2.45, 2.75) is 19.4 Å². The Morgan fingerprint density at radius 3 is 2.67 bits per heavy atom. The average molecular weight is 361 g/mol. The van der Waals surface area contributed by atoms with Crippen LogP contribution in [-0.2, 0) is 9.59 Å². The lowest BCUT2D eigenvalue weighted by atomic mass is 9.96. The first kappa shape index (κ1) is 17.0. The van der Waals surface area contributed by atoms with Crippen LogP contribution in [0.25, 0.3) is 16.7 Å². The van der Waals surface area contributed by atoms with Crippen LogP contribution in [0.1, 0.15) is 30.5 Å². The van der Waals surface area contributed by atoms with E-state index in [2.05, 4.69) is 9.97 Å². The van der Waals surface area contributed by atoms with Crippen molar-refractivity contribution in [3.63, 3.8) is 0 Å². The van der Waals surface area contributed by atoms with Gasteiger partial charge in [0.05, 0.1) is 11.6 Å². The summed E-state index contributed by atoms with van der Waals surface area (Å²) in [5, 5.41) is 11.9. The van der Waals surface area contributed by atoms with Gasteiger partial charge in [-0.2, -0.15) is 0 Å². The van der Waals surface area contributed by atoms with E-state index in [1.807, 2.05) is 31.2 Å². The van der Waals surface area contributed by atoms with E-state index in [9.17, 15) is 14.7 Å². The molecule has 0 spiro atoms. The number of para-hydroxylation sites is 1. The summed E-state index contributed by atoms with van der Waals surface area (Å²) in [7, 11) is 0. The van der Waals surface area contributed by atoms with Crippen molar-refractivity contribution in [3.05, 3.63) is 71.7 Å². The van der Waals surface area contributed by atoms with E-state index in [4.69, 9.17) is 0 Å². The summed E-state index contributed by atoms with van der Waals surface area (Å²) < 4.78 is 0. The van der Waals surface area contributed by atoms with E-state index >= 15 is 0 Å². The van der Waals surface area contributed by atoms with Crippen LogP contribution in [0.4, 0.5) is 0 Å². The molecule has 1 aromatic carbocycles. The zero-order valence-corrected chi connectivity index (χ0v) is 14.8. The van der Waals surface area contributed by atoms with E-state index in [1.165, 1.54) is 4.90 Å². The van der Waals surface area contributed by atoms with Crippen LogP contribution < -0.4 is 0 Å². The molecule has 1 unspecified atom stereocenters. The first-order valence-corrected chi connectivity index (χ1v) is 8.88. The number of likely N-dealkylation sites (tertiary alicyclic amines) is 1. The van der Waals surface area contributed by atoms with Gasteiger partial charge in [-0.25, -0.2) is 0 Å². The molecule has 3 heterocycles. The number of pyridine rings is 1. The molecule has 1 aliphatic heterocycles. The summed E-state index contributed by atoms with van der Waals surface area (Å²) >= 11 is 0. The molecule has 4 rings (SSSR count). The Morgan fingerprint density at radius 1 is 1.19 bits per heavy atom. The van der Waals surface area contributed by atoms with Crippen molar-refractivity contribution < 1.29 is 14.7 Å². The van der Waals surface area contributed by atoms with Crippen LogP contribution in [-0.4, -0.2) is 38.2 Å². The third-order valence-electron chi connectivity index (χ3n) is 4.87. The predicted molar refractivity (Wildman–Crippen MR) is 102 cm³/mol. The number of carbonyl (C=O) groups is 2. The molecule has 2 aromatic heterocycles. The van der Waals surface area contributed by atoms with Gasteiger partial charge in [-0.1, -0.05) is 25.1 Å². The van der Waals surface area contributed by atoms with Crippen LogP contribution in [0.3, 0.4) is 0 Å². The molecule has 136 valence electrons. The molecule has 2 N–H and O–H groups in total. The lowest BCUT2D eigenvalue weighted by Crippen LogP contribution is -2.30. The Bertz CT molecular complexity index is 1050. The number of ketones is 1. The smallest absolute Gasteiger partial charge is 0.295 e. The largest absolute Gasteiger partial charge is 0.507 e. The Kier molecular flexibility index (Phi) is 4.24. The number of carbonyl (C=O) groups excluding carboxylic acids is 2. The van der Waals surface area contributed by atoms with Gasteiger partial charge in [-0.15, -0.1) is 0 Å². The summed E-state index contributed by atoms with van der Waals surface area (Å²) in [5.74, 6) is -1.40. The maximum absolute atomic E-state index is 12.8. The Balaban J connectivity index is 1.93. The van der Waals surface area contributed by atoms with Gasteiger partial charge in [0.15, 0.2) is 0 Å². The van der Waals surface area contributed by atoms with Crippen LogP contribution in [0.2, 0.25) is 0 Å². The number of nitrogens with zero attached hydrogens (tertiary/aromatic N) is 2. The SMILES string of the molecule is CCCN1C(=O)C(=O)/C(=C(\O)c2c[nH]c3ccccc23)C1c1ccncc1. The van der Waals surface area contributed by atoms with Crippen LogP contribution in [0.15, 0.2) is 60.6 Å². The van der Waals surface area contributed by atoms with Crippen molar-refractivity contribution in [1.82, 2.24) is 14.9 Å². The van der Waals surface area contributed by atoms with Gasteiger partial charge in [0.25, 0.3) is 11.7 Å². The number of amides is 1. The fourth-order valence-corrected chi connectivity index (χ4v) is 3.66. The predicted octanol–water partition coefficient (Wildman–Crippen LogP) is 3.39. The second-order valence-electron chi connectivity index (χ2n) is 6.52. The third kappa shape index (κ3) is 2.70. The highest BCUT2D eigenvalue weighted by atomic mass is 16.3. The standard InChI is InChI=1S/C21H19N3O3/c1-2-11-24-18(13-7-9-22-10-8-13)17(20(26)21(24)27)19(25)15-12-23-16-6-4-3-5-14(15)16/h3-10,12,18,23,25H,2,11H2,1H3/b19-17-. The van der Waals surface area contributed by atoms with E-state index in [0.29, 0.717) is 18.5 Å². The number of aliphatic hydroxyl groups excluding tert-OH is 1. The van der Waals surface area contributed by atoms with Gasteiger partial charge < -0.3 is 15.0 Å². The number of H-pyrrole nitrogens is 1. The Hall–Kier alpha value is -3.41. The monoisotopic (exact) mass is 361 g/mol. The molecule has 6 nitrogen and oxygen atoms in total. The molecule has 1 amide bonds. The molecule has 0 aliphatic carbocycles. The fourth-order valence-electron chi connectivity index (χ4n) is 3.66. The highest BCUT2D eigenvalue weighted by Crippen LogP contribution is 2.40. The van der Waals surface area contributed by atoms with Crippen molar-refractivity contribution in [2.75, 3.05) is 6.54 Å². The molecule has 6 heteroatoms. The molecule has 3 aromatic rings. The molecule has 1 aliphatic rings. The molecule has 1 atom stereocenters. The van der Waals surface area contributed by atoms with Gasteiger partial charge in [-0.3, -0.25) is 14.6 Å². The number of hydrogen-bond donors (Lipinski definition) is 2. The minimum Gasteiger partial charge on any atom is -0.507 e. The number of rotatable bonds is 4. The summed E-state index contributed by atoms with van der Waals surface area (Å²) in [4.78, 5) is 34.1. The number of aliphatic hydroxyl groups is 1. The maximum Gasteiger partial charge on any atom is 0.295 e. The van der Waals surface area contributed by atoms with Gasteiger partial charge in [0, 0.05) is 41.6 Å². The van der Waals surface area contributed by atoms with E-state index in [1.54, 1.807) is 30.7 Å².